The van der Waals surface area contributed by atoms with Crippen LogP contribution >= 0.6 is 0 Å². The largest absolute Gasteiger partial charge is 0.298 e. The second kappa shape index (κ2) is 5.23. The maximum Gasteiger partial charge on any atom is 0.170 e. The number of pyridine rings is 1. The third-order valence-electron chi connectivity index (χ3n) is 2.48. The normalized spacial score (nSPS) is 10.7. The van der Waals surface area contributed by atoms with Gasteiger partial charge >= 0.3 is 0 Å². The van der Waals surface area contributed by atoms with Crippen LogP contribution < -0.4 is 0 Å². The van der Waals surface area contributed by atoms with Gasteiger partial charge in [-0.1, -0.05) is 18.7 Å². The maximum atomic E-state index is 11.1. The second-order valence-corrected chi connectivity index (χ2v) is 3.59. The zero-order valence-corrected chi connectivity index (χ0v) is 10.1. The van der Waals surface area contributed by atoms with Gasteiger partial charge in [-0.15, -0.1) is 0 Å². The molecule has 0 aliphatic rings. The molecule has 0 spiro atoms. The summed E-state index contributed by atoms with van der Waals surface area (Å²) in [6.07, 6.45) is 7.72. The van der Waals surface area contributed by atoms with Crippen molar-refractivity contribution in [1.29, 1.82) is 0 Å². The Morgan fingerprint density at radius 3 is 2.78 bits per heavy atom. The van der Waals surface area contributed by atoms with E-state index in [2.05, 4.69) is 16.5 Å². The lowest BCUT2D eigenvalue weighted by Crippen LogP contribution is -1.95. The number of aldehydes is 1. The third kappa shape index (κ3) is 2.00. The molecule has 0 saturated carbocycles. The number of hydrogen-bond acceptors (Lipinski definition) is 3. The first-order valence-electron chi connectivity index (χ1n) is 5.56. The van der Waals surface area contributed by atoms with Crippen molar-refractivity contribution in [2.45, 2.75) is 6.92 Å². The molecule has 0 saturated heterocycles. The van der Waals surface area contributed by atoms with Crippen LogP contribution in [0.1, 0.15) is 23.2 Å². The van der Waals surface area contributed by atoms with Gasteiger partial charge in [0, 0.05) is 12.4 Å². The lowest BCUT2D eigenvalue weighted by molar-refractivity contribution is 0.112. The van der Waals surface area contributed by atoms with E-state index in [4.69, 9.17) is 0 Å². The van der Waals surface area contributed by atoms with E-state index in [0.29, 0.717) is 22.9 Å². The summed E-state index contributed by atoms with van der Waals surface area (Å²) in [5.74, 6) is 0.662. The summed E-state index contributed by atoms with van der Waals surface area (Å²) in [4.78, 5) is 19.6. The van der Waals surface area contributed by atoms with Gasteiger partial charge in [0.1, 0.15) is 17.2 Å². The van der Waals surface area contributed by atoms with E-state index < -0.39 is 0 Å². The maximum absolute atomic E-state index is 11.1. The molecule has 2 aromatic rings. The van der Waals surface area contributed by atoms with Crippen LogP contribution in [0.2, 0.25) is 0 Å². The molecule has 90 valence electrons. The molecule has 4 heteroatoms. The van der Waals surface area contributed by atoms with Crippen molar-refractivity contribution in [2.24, 2.45) is 0 Å². The molecule has 2 rings (SSSR count). The Hall–Kier alpha value is -2.49. The minimum atomic E-state index is 0.363. The Kier molecular flexibility index (Phi) is 3.48. The lowest BCUT2D eigenvalue weighted by Gasteiger charge is -2.04. The average molecular weight is 239 g/mol. The molecule has 18 heavy (non-hydrogen) atoms. The molecule has 0 aromatic carbocycles. The summed E-state index contributed by atoms with van der Waals surface area (Å²) in [6.45, 7) is 5.64. The molecule has 0 unspecified atom stereocenters. The van der Waals surface area contributed by atoms with Gasteiger partial charge in [-0.05, 0) is 25.1 Å². The predicted molar refractivity (Wildman–Crippen MR) is 71.9 cm³/mol. The van der Waals surface area contributed by atoms with Crippen LogP contribution in [0, 0.1) is 0 Å². The highest BCUT2D eigenvalue weighted by atomic mass is 16.1. The number of aromatic nitrogens is 3. The predicted octanol–water partition coefficient (Wildman–Crippen LogP) is 2.89. The van der Waals surface area contributed by atoms with Crippen LogP contribution in [-0.2, 0) is 0 Å². The summed E-state index contributed by atoms with van der Waals surface area (Å²) in [5, 5.41) is 0. The molecule has 0 aliphatic carbocycles. The molecule has 0 bridgehead atoms. The van der Waals surface area contributed by atoms with Crippen molar-refractivity contribution in [3.8, 4) is 11.4 Å². The van der Waals surface area contributed by atoms with Crippen molar-refractivity contribution in [3.05, 3.63) is 48.6 Å². The van der Waals surface area contributed by atoms with E-state index in [1.54, 1.807) is 17.0 Å². The van der Waals surface area contributed by atoms with Crippen LogP contribution in [0.25, 0.3) is 23.7 Å². The van der Waals surface area contributed by atoms with Gasteiger partial charge in [0.2, 0.25) is 0 Å². The molecule has 0 fully saturated rings. The minimum absolute atomic E-state index is 0.363. The number of nitrogens with zero attached hydrogens (tertiary/aromatic N) is 3. The Morgan fingerprint density at radius 1 is 1.39 bits per heavy atom. The Morgan fingerprint density at radius 2 is 2.22 bits per heavy atom. The van der Waals surface area contributed by atoms with Gasteiger partial charge in [-0.2, -0.15) is 0 Å². The van der Waals surface area contributed by atoms with Crippen LogP contribution in [-0.4, -0.2) is 20.8 Å². The van der Waals surface area contributed by atoms with Gasteiger partial charge in [0.25, 0.3) is 0 Å². The van der Waals surface area contributed by atoms with Crippen LogP contribution in [0.3, 0.4) is 0 Å². The van der Waals surface area contributed by atoms with Gasteiger partial charge < -0.3 is 0 Å². The Balaban J connectivity index is 2.72. The molecule has 0 amide bonds. The van der Waals surface area contributed by atoms with Crippen molar-refractivity contribution < 1.29 is 4.79 Å². The second-order valence-electron chi connectivity index (χ2n) is 3.59. The highest BCUT2D eigenvalue weighted by molar-refractivity contribution is 5.84. The monoisotopic (exact) mass is 239 g/mol. The fourth-order valence-electron chi connectivity index (χ4n) is 1.76. The van der Waals surface area contributed by atoms with Crippen molar-refractivity contribution >= 4 is 18.6 Å². The van der Waals surface area contributed by atoms with E-state index in [1.165, 1.54) is 0 Å². The topological polar surface area (TPSA) is 47.8 Å². The summed E-state index contributed by atoms with van der Waals surface area (Å²) in [6, 6.07) is 5.53. The number of rotatable bonds is 4. The molecule has 0 radical (unpaired) electrons. The summed E-state index contributed by atoms with van der Waals surface area (Å²) < 4.78 is 1.76. The lowest BCUT2D eigenvalue weighted by atomic mass is 10.2. The molecule has 0 aliphatic heterocycles. The van der Waals surface area contributed by atoms with Crippen LogP contribution in [0.4, 0.5) is 0 Å². The van der Waals surface area contributed by atoms with Crippen molar-refractivity contribution in [2.75, 3.05) is 0 Å². The molecule has 0 N–H and O–H groups in total. The van der Waals surface area contributed by atoms with E-state index >= 15 is 0 Å². The first kappa shape index (κ1) is 12.0. The molecule has 2 aromatic heterocycles. The van der Waals surface area contributed by atoms with Gasteiger partial charge in [0.05, 0.1) is 5.69 Å². The average Bonchev–Trinajstić information content (AvgIpc) is 2.78. The number of allylic oxidation sites excluding steroid dienone is 1. The molecule has 0 atom stereocenters. The van der Waals surface area contributed by atoms with E-state index in [9.17, 15) is 4.79 Å². The van der Waals surface area contributed by atoms with Crippen LogP contribution in [0.15, 0.2) is 37.1 Å². The molecule has 4 nitrogen and oxygen atoms in total. The molecular formula is C14H13N3O. The number of hydrogen-bond donors (Lipinski definition) is 0. The van der Waals surface area contributed by atoms with E-state index in [0.717, 1.165) is 6.29 Å². The third-order valence-corrected chi connectivity index (χ3v) is 2.48. The molecular weight excluding hydrogens is 226 g/mol. The fourth-order valence-corrected chi connectivity index (χ4v) is 1.76. The number of carbonyl (C=O) groups excluding carboxylic acids is 1. The van der Waals surface area contributed by atoms with Crippen molar-refractivity contribution in [3.63, 3.8) is 0 Å². The zero-order chi connectivity index (χ0) is 13.0. The SMILES string of the molecule is C=Cn1c(/C=C\C)nc(C=O)c1-c1ccccn1. The number of carbonyl (C=O) groups is 1. The summed E-state index contributed by atoms with van der Waals surface area (Å²) >= 11 is 0. The minimum Gasteiger partial charge on any atom is -0.298 e. The number of imidazole rings is 1. The van der Waals surface area contributed by atoms with Crippen molar-refractivity contribution in [1.82, 2.24) is 14.5 Å². The first-order valence-corrected chi connectivity index (χ1v) is 5.56. The fraction of sp³-hybridized carbons (Fsp3) is 0.0714. The first-order chi connectivity index (χ1) is 8.81. The summed E-state index contributed by atoms with van der Waals surface area (Å²) in [7, 11) is 0. The highest BCUT2D eigenvalue weighted by Gasteiger charge is 2.15. The highest BCUT2D eigenvalue weighted by Crippen LogP contribution is 2.23. The molecule has 2 heterocycles. The quantitative estimate of drug-likeness (QED) is 0.771. The summed E-state index contributed by atoms with van der Waals surface area (Å²) in [5.41, 5.74) is 1.72. The Labute approximate surface area is 105 Å². The van der Waals surface area contributed by atoms with Gasteiger partial charge in [-0.3, -0.25) is 14.3 Å². The van der Waals surface area contributed by atoms with E-state index in [-0.39, 0.29) is 0 Å². The standard InChI is InChI=1S/C14H13N3O/c1-3-7-13-16-12(10-18)14(17(13)4-2)11-8-5-6-9-15-11/h3-10H,2H2,1H3/b7-3-. The van der Waals surface area contributed by atoms with Crippen LogP contribution in [0.5, 0.6) is 0 Å². The van der Waals surface area contributed by atoms with E-state index in [1.807, 2.05) is 37.3 Å². The smallest absolute Gasteiger partial charge is 0.170 e. The Bertz CT molecular complexity index is 597. The van der Waals surface area contributed by atoms with Gasteiger partial charge in [-0.25, -0.2) is 4.98 Å². The van der Waals surface area contributed by atoms with Gasteiger partial charge in [0.15, 0.2) is 6.29 Å². The zero-order valence-electron chi connectivity index (χ0n) is 10.1.